The topological polar surface area (TPSA) is 115 Å². The van der Waals surface area contributed by atoms with Crippen LogP contribution in [0, 0.1) is 22.9 Å². The number of thioether (sulfide) groups is 1. The molecule has 0 radical (unpaired) electrons. The Hall–Kier alpha value is -2.67. The van der Waals surface area contributed by atoms with Crippen LogP contribution in [0.1, 0.15) is 67.4 Å². The number of benzene rings is 1. The van der Waals surface area contributed by atoms with Crippen molar-refractivity contribution >= 4 is 62.2 Å². The molecule has 0 bridgehead atoms. The number of nitro groups is 1. The van der Waals surface area contributed by atoms with Gasteiger partial charge in [0.2, 0.25) is 0 Å². The number of halogens is 2. The average Bonchev–Trinajstić information content (AvgIpc) is 3.31. The summed E-state index contributed by atoms with van der Waals surface area (Å²) in [6, 6.07) is 0.850. The van der Waals surface area contributed by atoms with Crippen molar-refractivity contribution in [3.8, 4) is 0 Å². The van der Waals surface area contributed by atoms with Crippen LogP contribution in [0.15, 0.2) is 15.6 Å². The molecule has 222 valence electrons. The Labute approximate surface area is 247 Å². The van der Waals surface area contributed by atoms with E-state index in [9.17, 15) is 19.7 Å². The Balaban J connectivity index is 0.00000274. The van der Waals surface area contributed by atoms with Gasteiger partial charge in [0.05, 0.1) is 15.4 Å². The summed E-state index contributed by atoms with van der Waals surface area (Å²) in [6.45, 7) is 16.2. The highest BCUT2D eigenvalue weighted by Crippen LogP contribution is 2.45. The minimum absolute atomic E-state index is 0.0434. The zero-order valence-electron chi connectivity index (χ0n) is 24.7. The maximum absolute atomic E-state index is 15.4. The molecule has 1 aliphatic heterocycles. The number of rotatable bonds is 4. The number of fused-ring (bicyclic) bond motifs is 1. The van der Waals surface area contributed by atoms with Crippen molar-refractivity contribution in [3.05, 3.63) is 32.0 Å². The predicted molar refractivity (Wildman–Crippen MR) is 159 cm³/mol. The molecule has 0 N–H and O–H groups in total. The molecule has 0 saturated carbocycles. The number of amides is 2. The smallest absolute Gasteiger partial charge is 0.415 e. The van der Waals surface area contributed by atoms with Gasteiger partial charge in [0.15, 0.2) is 10.8 Å². The fourth-order valence-electron chi connectivity index (χ4n) is 4.15. The van der Waals surface area contributed by atoms with Crippen LogP contribution in [0.25, 0.3) is 10.9 Å². The fourth-order valence-corrected chi connectivity index (χ4v) is 5.00. The molecule has 2 heterocycles. The Kier molecular flexibility index (Phi) is 10.8. The molecular formula is C27H38BrFN4O6S. The van der Waals surface area contributed by atoms with Gasteiger partial charge in [-0.15, -0.1) is 11.8 Å². The monoisotopic (exact) mass is 644 g/mol. The van der Waals surface area contributed by atoms with Crippen molar-refractivity contribution in [2.75, 3.05) is 24.2 Å². The quantitative estimate of drug-likeness (QED) is 0.188. The summed E-state index contributed by atoms with van der Waals surface area (Å²) < 4.78 is 26.8. The molecule has 0 aliphatic carbocycles. The van der Waals surface area contributed by atoms with E-state index in [4.69, 9.17) is 9.47 Å². The molecule has 1 saturated heterocycles. The third-order valence-corrected chi connectivity index (χ3v) is 7.29. The van der Waals surface area contributed by atoms with Gasteiger partial charge >= 0.3 is 17.9 Å². The van der Waals surface area contributed by atoms with Crippen LogP contribution in [0.4, 0.5) is 25.4 Å². The first-order valence-corrected chi connectivity index (χ1v) is 15.0. The fraction of sp³-hybridized carbons (Fsp3) is 0.593. The molecule has 1 fully saturated rings. The van der Waals surface area contributed by atoms with Gasteiger partial charge in [0.1, 0.15) is 22.4 Å². The maximum Gasteiger partial charge on any atom is 0.415 e. The van der Waals surface area contributed by atoms with Gasteiger partial charge in [0.25, 0.3) is 0 Å². The number of aromatic nitrogens is 1. The summed E-state index contributed by atoms with van der Waals surface area (Å²) in [5, 5.41) is 12.5. The van der Waals surface area contributed by atoms with Gasteiger partial charge in [-0.1, -0.05) is 13.8 Å². The van der Waals surface area contributed by atoms with Crippen molar-refractivity contribution in [3.63, 3.8) is 0 Å². The summed E-state index contributed by atoms with van der Waals surface area (Å²) in [4.78, 5) is 45.2. The number of nitrogens with zero attached hydrogens (tertiary/aromatic N) is 4. The molecule has 1 atom stereocenters. The number of pyridine rings is 1. The molecule has 0 spiro atoms. The minimum Gasteiger partial charge on any atom is -0.444 e. The van der Waals surface area contributed by atoms with Crippen LogP contribution in [0.3, 0.4) is 0 Å². The number of hydrogen-bond donors (Lipinski definition) is 0. The van der Waals surface area contributed by atoms with Gasteiger partial charge in [-0.05, 0) is 88.7 Å². The molecule has 13 heteroatoms. The normalized spacial score (nSPS) is 15.4. The first-order chi connectivity index (χ1) is 18.4. The van der Waals surface area contributed by atoms with Crippen LogP contribution in [0.2, 0.25) is 0 Å². The lowest BCUT2D eigenvalue weighted by atomic mass is 10.1. The third-order valence-electron chi connectivity index (χ3n) is 5.65. The molecule has 2 aromatic rings. The summed E-state index contributed by atoms with van der Waals surface area (Å²) in [6.07, 6.45) is 0.474. The zero-order valence-corrected chi connectivity index (χ0v) is 27.1. The van der Waals surface area contributed by atoms with Gasteiger partial charge in [-0.3, -0.25) is 15.0 Å². The Morgan fingerprint density at radius 2 is 1.77 bits per heavy atom. The van der Waals surface area contributed by atoms with Crippen LogP contribution in [0.5, 0.6) is 0 Å². The lowest BCUT2D eigenvalue weighted by molar-refractivity contribution is -0.387. The van der Waals surface area contributed by atoms with Crippen molar-refractivity contribution in [1.29, 1.82) is 0 Å². The predicted octanol–water partition coefficient (Wildman–Crippen LogP) is 7.85. The number of hydrogen-bond acceptors (Lipinski definition) is 8. The number of carbonyl (C=O) groups excluding carboxylic acids is 2. The number of ether oxygens (including phenoxy) is 2. The molecule has 1 aromatic carbocycles. The molecule has 10 nitrogen and oxygen atoms in total. The van der Waals surface area contributed by atoms with Gasteiger partial charge < -0.3 is 14.4 Å². The van der Waals surface area contributed by atoms with Crippen molar-refractivity contribution in [2.24, 2.45) is 0 Å². The Bertz CT molecular complexity index is 1290. The van der Waals surface area contributed by atoms with E-state index in [2.05, 4.69) is 20.9 Å². The van der Waals surface area contributed by atoms with E-state index in [1.807, 2.05) is 13.8 Å². The van der Waals surface area contributed by atoms with E-state index in [-0.39, 0.29) is 39.2 Å². The second-order valence-corrected chi connectivity index (χ2v) is 12.6. The van der Waals surface area contributed by atoms with E-state index in [0.717, 1.165) is 11.8 Å². The molecule has 1 aliphatic rings. The number of anilines is 1. The largest absolute Gasteiger partial charge is 0.444 e. The maximum atomic E-state index is 15.4. The second kappa shape index (κ2) is 12.9. The van der Waals surface area contributed by atoms with Crippen LogP contribution in [-0.4, -0.2) is 63.6 Å². The van der Waals surface area contributed by atoms with E-state index in [1.54, 1.807) is 60.8 Å². The Morgan fingerprint density at radius 3 is 2.27 bits per heavy atom. The highest BCUT2D eigenvalue weighted by Gasteiger charge is 2.42. The van der Waals surface area contributed by atoms with Crippen molar-refractivity contribution < 1.29 is 28.4 Å². The standard InChI is InChI=1S/C25H32BrFN4O6S.C2H6/c1-13-11-15-18(17(27)16(13)26)28-21(38-8)20(31(34)35)19(15)30(23(33)37-25(5,6)7)14-9-10-29(12-14)22(32)36-24(2,3)4;1-2/h11,14H,9-10,12H2,1-8H3;1-2H3. The first kappa shape index (κ1) is 33.5. The van der Waals surface area contributed by atoms with E-state index >= 15 is 4.39 Å². The molecule has 1 aromatic heterocycles. The molecule has 2 amide bonds. The lowest BCUT2D eigenvalue weighted by Gasteiger charge is -2.32. The van der Waals surface area contributed by atoms with Crippen LogP contribution >= 0.6 is 27.7 Å². The second-order valence-electron chi connectivity index (χ2n) is 11.0. The van der Waals surface area contributed by atoms with Gasteiger partial charge in [0, 0.05) is 18.5 Å². The number of carbonyl (C=O) groups is 2. The van der Waals surface area contributed by atoms with Crippen LogP contribution in [-0.2, 0) is 9.47 Å². The highest BCUT2D eigenvalue weighted by molar-refractivity contribution is 9.10. The average molecular weight is 646 g/mol. The van der Waals surface area contributed by atoms with Gasteiger partial charge in [-0.2, -0.15) is 0 Å². The summed E-state index contributed by atoms with van der Waals surface area (Å²) in [7, 11) is 0. The first-order valence-electron chi connectivity index (χ1n) is 13.0. The van der Waals surface area contributed by atoms with Crippen molar-refractivity contribution in [1.82, 2.24) is 9.88 Å². The number of likely N-dealkylation sites (tertiary alicyclic amines) is 1. The van der Waals surface area contributed by atoms with Crippen LogP contribution < -0.4 is 4.90 Å². The van der Waals surface area contributed by atoms with Gasteiger partial charge in [-0.25, -0.2) is 19.0 Å². The highest BCUT2D eigenvalue weighted by atomic mass is 79.9. The zero-order chi connectivity index (χ0) is 30.7. The molecule has 40 heavy (non-hydrogen) atoms. The number of aryl methyl sites for hydroxylation is 1. The SMILES string of the molecule is CC.CSc1nc2c(F)c(Br)c(C)cc2c(N(C(=O)OC(C)(C)C)C2CCN(C(=O)OC(C)(C)C)C2)c1[N+](=O)[O-]. The van der Waals surface area contributed by atoms with E-state index < -0.39 is 45.9 Å². The molecule has 3 rings (SSSR count). The lowest BCUT2D eigenvalue weighted by Crippen LogP contribution is -2.46. The van der Waals surface area contributed by atoms with E-state index in [1.165, 1.54) is 9.80 Å². The summed E-state index contributed by atoms with van der Waals surface area (Å²) in [5.41, 5.74) is -1.87. The third kappa shape index (κ3) is 7.54. The molecular weight excluding hydrogens is 607 g/mol. The molecule has 1 unspecified atom stereocenters. The van der Waals surface area contributed by atoms with E-state index in [0.29, 0.717) is 12.0 Å². The summed E-state index contributed by atoms with van der Waals surface area (Å²) in [5.74, 6) is -0.697. The Morgan fingerprint density at radius 1 is 1.20 bits per heavy atom. The minimum atomic E-state index is -0.928. The van der Waals surface area contributed by atoms with Crippen molar-refractivity contribution in [2.45, 2.75) is 91.0 Å². The summed E-state index contributed by atoms with van der Waals surface area (Å²) >= 11 is 4.19.